The predicted molar refractivity (Wildman–Crippen MR) is 128 cm³/mol. The van der Waals surface area contributed by atoms with E-state index in [1.165, 1.54) is 6.33 Å². The molecule has 32 heavy (non-hydrogen) atoms. The number of amides is 1. The summed E-state index contributed by atoms with van der Waals surface area (Å²) in [5, 5.41) is 4.96. The molecule has 1 saturated heterocycles. The van der Waals surface area contributed by atoms with E-state index in [2.05, 4.69) is 32.1 Å². The maximum atomic E-state index is 12.4. The Bertz CT molecular complexity index is 1210. The van der Waals surface area contributed by atoms with Crippen LogP contribution < -0.4 is 5.32 Å². The molecule has 8 heteroatoms. The number of H-pyrrole nitrogens is 1. The summed E-state index contributed by atoms with van der Waals surface area (Å²) >= 11 is 6.19. The molecule has 1 aliphatic heterocycles. The standard InChI is InChI=1S/C24H25ClN6O/c1-30(2)12-5-8-22(32)31-13-11-19(15-31)29-24-20-14-18(28-23(20)26-16-27-24)10-9-17-6-3-4-7-21(17)25/h3-8,14,16,19H,11-13,15H2,1-2H3,(H2,26,27,28,29)/t19-/m1/s1. The number of anilines is 1. The highest BCUT2D eigenvalue weighted by atomic mass is 35.5. The SMILES string of the molecule is CN(C)CC=CC(=O)N1CC[C@@H](Nc2ncnc3[nH]c(C#Cc4ccccc4Cl)cc23)C1. The first-order chi connectivity index (χ1) is 15.5. The third-order valence-electron chi connectivity index (χ3n) is 5.20. The molecule has 1 aromatic carbocycles. The van der Waals surface area contributed by atoms with Crippen LogP contribution in [-0.4, -0.2) is 70.4 Å². The molecule has 0 bridgehead atoms. The highest BCUT2D eigenvalue weighted by Gasteiger charge is 2.25. The van der Waals surface area contributed by atoms with Gasteiger partial charge in [0.15, 0.2) is 0 Å². The van der Waals surface area contributed by atoms with Crippen molar-refractivity contribution in [2.45, 2.75) is 12.5 Å². The van der Waals surface area contributed by atoms with E-state index >= 15 is 0 Å². The minimum Gasteiger partial charge on any atom is -0.365 e. The van der Waals surface area contributed by atoms with Gasteiger partial charge in [0.1, 0.15) is 17.8 Å². The second-order valence-corrected chi connectivity index (χ2v) is 8.38. The summed E-state index contributed by atoms with van der Waals surface area (Å²) in [6, 6.07) is 9.55. The molecule has 1 fully saturated rings. The summed E-state index contributed by atoms with van der Waals surface area (Å²) < 4.78 is 0. The maximum absolute atomic E-state index is 12.4. The molecule has 1 aliphatic rings. The molecule has 2 aromatic heterocycles. The first-order valence-electron chi connectivity index (χ1n) is 10.5. The Balaban J connectivity index is 1.45. The third-order valence-corrected chi connectivity index (χ3v) is 5.53. The fourth-order valence-electron chi connectivity index (χ4n) is 3.56. The lowest BCUT2D eigenvalue weighted by Crippen LogP contribution is -2.30. The van der Waals surface area contributed by atoms with E-state index in [-0.39, 0.29) is 11.9 Å². The molecule has 1 amide bonds. The second-order valence-electron chi connectivity index (χ2n) is 7.98. The van der Waals surface area contributed by atoms with E-state index in [4.69, 9.17) is 11.6 Å². The Kier molecular flexibility index (Phi) is 6.74. The zero-order chi connectivity index (χ0) is 22.5. The van der Waals surface area contributed by atoms with Gasteiger partial charge in [-0.25, -0.2) is 9.97 Å². The summed E-state index contributed by atoms with van der Waals surface area (Å²) in [7, 11) is 3.95. The number of nitrogens with zero attached hydrogens (tertiary/aromatic N) is 4. The highest BCUT2D eigenvalue weighted by Crippen LogP contribution is 2.23. The number of benzene rings is 1. The normalized spacial score (nSPS) is 16.0. The highest BCUT2D eigenvalue weighted by molar-refractivity contribution is 6.31. The van der Waals surface area contributed by atoms with E-state index in [0.29, 0.717) is 17.2 Å². The van der Waals surface area contributed by atoms with E-state index in [1.807, 2.05) is 60.3 Å². The number of hydrogen-bond donors (Lipinski definition) is 2. The molecule has 1 atom stereocenters. The Morgan fingerprint density at radius 2 is 2.19 bits per heavy atom. The van der Waals surface area contributed by atoms with E-state index < -0.39 is 0 Å². The fraction of sp³-hybridized carbons (Fsp3) is 0.292. The van der Waals surface area contributed by atoms with Gasteiger partial charge in [0.05, 0.1) is 16.1 Å². The molecule has 4 rings (SSSR count). The number of fused-ring (bicyclic) bond motifs is 1. The molecule has 3 heterocycles. The smallest absolute Gasteiger partial charge is 0.246 e. The quantitative estimate of drug-likeness (QED) is 0.463. The molecule has 0 radical (unpaired) electrons. The van der Waals surface area contributed by atoms with E-state index in [9.17, 15) is 4.79 Å². The Morgan fingerprint density at radius 3 is 3.00 bits per heavy atom. The molecular weight excluding hydrogens is 424 g/mol. The summed E-state index contributed by atoms with van der Waals surface area (Å²) in [5.74, 6) is 6.98. The molecule has 0 spiro atoms. The van der Waals surface area contributed by atoms with Crippen molar-refractivity contribution >= 4 is 34.4 Å². The zero-order valence-corrected chi connectivity index (χ0v) is 18.9. The van der Waals surface area contributed by atoms with Crippen LogP contribution in [0.4, 0.5) is 5.82 Å². The van der Waals surface area contributed by atoms with Crippen LogP contribution in [-0.2, 0) is 4.79 Å². The zero-order valence-electron chi connectivity index (χ0n) is 18.1. The lowest BCUT2D eigenvalue weighted by molar-refractivity contribution is -0.125. The van der Waals surface area contributed by atoms with Crippen LogP contribution >= 0.6 is 11.6 Å². The van der Waals surface area contributed by atoms with Crippen molar-refractivity contribution in [2.24, 2.45) is 0 Å². The minimum atomic E-state index is 0.0442. The molecule has 3 aromatic rings. The largest absolute Gasteiger partial charge is 0.365 e. The van der Waals surface area contributed by atoms with Gasteiger partial charge >= 0.3 is 0 Å². The predicted octanol–water partition coefficient (Wildman–Crippen LogP) is 3.14. The van der Waals surface area contributed by atoms with Crippen molar-refractivity contribution in [1.29, 1.82) is 0 Å². The van der Waals surface area contributed by atoms with Crippen molar-refractivity contribution in [3.8, 4) is 11.8 Å². The van der Waals surface area contributed by atoms with E-state index in [0.717, 1.165) is 42.0 Å². The number of likely N-dealkylation sites (N-methyl/N-ethyl adjacent to an activating group) is 1. The molecule has 164 valence electrons. The van der Waals surface area contributed by atoms with Gasteiger partial charge in [-0.3, -0.25) is 4.79 Å². The summed E-state index contributed by atoms with van der Waals surface area (Å²) in [5.41, 5.74) is 2.22. The van der Waals surface area contributed by atoms with Crippen LogP contribution in [0.1, 0.15) is 17.7 Å². The average molecular weight is 449 g/mol. The third kappa shape index (κ3) is 5.28. The van der Waals surface area contributed by atoms with Gasteiger partial charge in [-0.1, -0.05) is 35.7 Å². The monoisotopic (exact) mass is 448 g/mol. The Morgan fingerprint density at radius 1 is 1.34 bits per heavy atom. The maximum Gasteiger partial charge on any atom is 0.246 e. The van der Waals surface area contributed by atoms with Crippen molar-refractivity contribution in [3.05, 3.63) is 65.1 Å². The first-order valence-corrected chi connectivity index (χ1v) is 10.8. The number of aromatic nitrogens is 3. The van der Waals surface area contributed by atoms with Crippen LogP contribution in [0.25, 0.3) is 11.0 Å². The molecular formula is C24H25ClN6O. The summed E-state index contributed by atoms with van der Waals surface area (Å²) in [6.45, 7) is 2.11. The van der Waals surface area contributed by atoms with Crippen LogP contribution in [0.15, 0.2) is 48.8 Å². The van der Waals surface area contributed by atoms with E-state index in [1.54, 1.807) is 6.08 Å². The fourth-order valence-corrected chi connectivity index (χ4v) is 3.74. The van der Waals surface area contributed by atoms with Gasteiger partial charge in [0.2, 0.25) is 5.91 Å². The van der Waals surface area contributed by atoms with Crippen LogP contribution in [0.3, 0.4) is 0 Å². The minimum absolute atomic E-state index is 0.0442. The molecule has 7 nitrogen and oxygen atoms in total. The lowest BCUT2D eigenvalue weighted by Gasteiger charge is -2.16. The number of halogens is 1. The Labute approximate surface area is 192 Å². The molecule has 2 N–H and O–H groups in total. The van der Waals surface area contributed by atoms with Crippen molar-refractivity contribution < 1.29 is 4.79 Å². The average Bonchev–Trinajstić information content (AvgIpc) is 3.40. The van der Waals surface area contributed by atoms with Crippen molar-refractivity contribution in [2.75, 3.05) is 39.0 Å². The number of likely N-dealkylation sites (tertiary alicyclic amines) is 1. The number of nitrogens with one attached hydrogen (secondary N) is 2. The van der Waals surface area contributed by atoms with Crippen molar-refractivity contribution in [3.63, 3.8) is 0 Å². The van der Waals surface area contributed by atoms with Crippen LogP contribution in [0.2, 0.25) is 5.02 Å². The van der Waals surface area contributed by atoms with Crippen LogP contribution in [0.5, 0.6) is 0 Å². The topological polar surface area (TPSA) is 77.2 Å². The van der Waals surface area contributed by atoms with Gasteiger partial charge in [-0.05, 0) is 44.6 Å². The first kappa shape index (κ1) is 21.9. The number of carbonyl (C=O) groups excluding carboxylic acids is 1. The van der Waals surface area contributed by atoms with Crippen LogP contribution in [0, 0.1) is 11.8 Å². The number of carbonyl (C=O) groups is 1. The second kappa shape index (κ2) is 9.86. The Hall–Kier alpha value is -3.34. The van der Waals surface area contributed by atoms with Crippen molar-refractivity contribution in [1.82, 2.24) is 24.8 Å². The number of rotatable bonds is 5. The molecule has 0 unspecified atom stereocenters. The number of aromatic amines is 1. The molecule has 0 saturated carbocycles. The summed E-state index contributed by atoms with van der Waals surface area (Å²) in [6.07, 6.45) is 5.93. The van der Waals surface area contributed by atoms with Gasteiger partial charge in [-0.15, -0.1) is 0 Å². The molecule has 0 aliphatic carbocycles. The van der Waals surface area contributed by atoms with Gasteiger partial charge in [-0.2, -0.15) is 0 Å². The number of hydrogen-bond acceptors (Lipinski definition) is 5. The van der Waals surface area contributed by atoms with Gasteiger partial charge in [0, 0.05) is 37.3 Å². The summed E-state index contributed by atoms with van der Waals surface area (Å²) in [4.78, 5) is 28.2. The lowest BCUT2D eigenvalue weighted by atomic mass is 10.2. The van der Waals surface area contributed by atoms with Gasteiger partial charge < -0.3 is 20.1 Å². The van der Waals surface area contributed by atoms with Gasteiger partial charge in [0.25, 0.3) is 0 Å².